The van der Waals surface area contributed by atoms with Crippen LogP contribution in [0.5, 0.6) is 17.2 Å². The monoisotopic (exact) mass is 517 g/mol. The molecule has 3 aromatic rings. The van der Waals surface area contributed by atoms with Gasteiger partial charge in [-0.3, -0.25) is 9.59 Å². The molecule has 3 N–H and O–H groups in total. The van der Waals surface area contributed by atoms with Crippen LogP contribution < -0.4 is 25.3 Å². The van der Waals surface area contributed by atoms with E-state index < -0.39 is 0 Å². The SMILES string of the molecule is COc1ccc(C(=O)N(Cc2cccc(NC(=O)c3ccccc3OC)c2)C2CCC(N)CC2)cc1OC. The molecule has 0 bridgehead atoms. The van der Waals surface area contributed by atoms with Gasteiger partial charge in [0, 0.05) is 29.9 Å². The summed E-state index contributed by atoms with van der Waals surface area (Å²) >= 11 is 0. The van der Waals surface area contributed by atoms with Crippen LogP contribution >= 0.6 is 0 Å². The second kappa shape index (κ2) is 12.5. The van der Waals surface area contributed by atoms with Crippen molar-refractivity contribution in [2.45, 2.75) is 44.3 Å². The third-order valence-electron chi connectivity index (χ3n) is 6.96. The molecule has 8 heteroatoms. The first kappa shape index (κ1) is 27.0. The Kier molecular flexibility index (Phi) is 8.86. The topological polar surface area (TPSA) is 103 Å². The summed E-state index contributed by atoms with van der Waals surface area (Å²) in [6.07, 6.45) is 3.42. The van der Waals surface area contributed by atoms with Gasteiger partial charge in [0.25, 0.3) is 11.8 Å². The number of hydrogen-bond donors (Lipinski definition) is 2. The summed E-state index contributed by atoms with van der Waals surface area (Å²) < 4.78 is 16.1. The molecule has 0 atom stereocenters. The number of amides is 2. The van der Waals surface area contributed by atoms with Crippen molar-refractivity contribution in [1.82, 2.24) is 4.90 Å². The van der Waals surface area contributed by atoms with E-state index in [0.717, 1.165) is 31.2 Å². The maximum atomic E-state index is 13.8. The normalized spacial score (nSPS) is 16.8. The highest BCUT2D eigenvalue weighted by molar-refractivity contribution is 6.06. The molecule has 1 aliphatic carbocycles. The molecular weight excluding hydrogens is 482 g/mol. The number of ether oxygens (including phenoxy) is 3. The molecule has 0 heterocycles. The van der Waals surface area contributed by atoms with E-state index in [-0.39, 0.29) is 23.9 Å². The predicted molar refractivity (Wildman–Crippen MR) is 147 cm³/mol. The molecule has 0 saturated heterocycles. The second-order valence-corrected chi connectivity index (χ2v) is 9.43. The molecule has 4 rings (SSSR count). The summed E-state index contributed by atoms with van der Waals surface area (Å²) in [7, 11) is 4.66. The van der Waals surface area contributed by atoms with Gasteiger partial charge in [-0.1, -0.05) is 24.3 Å². The van der Waals surface area contributed by atoms with Crippen molar-refractivity contribution in [2.24, 2.45) is 5.73 Å². The Morgan fingerprint density at radius 2 is 1.55 bits per heavy atom. The van der Waals surface area contributed by atoms with E-state index in [0.29, 0.717) is 40.6 Å². The molecule has 0 spiro atoms. The molecule has 2 amide bonds. The van der Waals surface area contributed by atoms with Gasteiger partial charge in [-0.15, -0.1) is 0 Å². The summed E-state index contributed by atoms with van der Waals surface area (Å²) in [5, 5.41) is 2.95. The number of anilines is 1. The lowest BCUT2D eigenvalue weighted by atomic mass is 9.90. The molecule has 0 unspecified atom stereocenters. The zero-order chi connectivity index (χ0) is 27.1. The summed E-state index contributed by atoms with van der Waals surface area (Å²) in [6, 6.07) is 20.1. The molecule has 1 aliphatic rings. The summed E-state index contributed by atoms with van der Waals surface area (Å²) in [5.41, 5.74) is 8.68. The molecule has 3 aromatic carbocycles. The number of methoxy groups -OCH3 is 3. The van der Waals surface area contributed by atoms with Gasteiger partial charge in [0.2, 0.25) is 0 Å². The van der Waals surface area contributed by atoms with Gasteiger partial charge < -0.3 is 30.2 Å². The van der Waals surface area contributed by atoms with Crippen LogP contribution in [-0.2, 0) is 6.54 Å². The van der Waals surface area contributed by atoms with Crippen LogP contribution in [0.25, 0.3) is 0 Å². The zero-order valence-electron chi connectivity index (χ0n) is 22.1. The van der Waals surface area contributed by atoms with E-state index >= 15 is 0 Å². The quantitative estimate of drug-likeness (QED) is 0.420. The van der Waals surface area contributed by atoms with Gasteiger partial charge in [-0.25, -0.2) is 0 Å². The van der Waals surface area contributed by atoms with E-state index in [2.05, 4.69) is 5.32 Å². The number of carbonyl (C=O) groups excluding carboxylic acids is 2. The number of nitrogens with zero attached hydrogens (tertiary/aromatic N) is 1. The van der Waals surface area contributed by atoms with Gasteiger partial charge in [0.15, 0.2) is 11.5 Å². The van der Waals surface area contributed by atoms with Crippen LogP contribution in [0, 0.1) is 0 Å². The van der Waals surface area contributed by atoms with E-state index in [1.54, 1.807) is 50.6 Å². The number of rotatable bonds is 9. The van der Waals surface area contributed by atoms with Crippen molar-refractivity contribution < 1.29 is 23.8 Å². The van der Waals surface area contributed by atoms with Crippen molar-refractivity contribution in [3.8, 4) is 17.2 Å². The van der Waals surface area contributed by atoms with E-state index in [1.165, 1.54) is 7.11 Å². The van der Waals surface area contributed by atoms with Crippen molar-refractivity contribution in [2.75, 3.05) is 26.6 Å². The van der Waals surface area contributed by atoms with Gasteiger partial charge in [0.1, 0.15) is 5.75 Å². The second-order valence-electron chi connectivity index (χ2n) is 9.43. The van der Waals surface area contributed by atoms with Crippen LogP contribution in [0.2, 0.25) is 0 Å². The molecule has 200 valence electrons. The lowest BCUT2D eigenvalue weighted by molar-refractivity contribution is 0.0606. The Morgan fingerprint density at radius 3 is 2.26 bits per heavy atom. The molecule has 0 aromatic heterocycles. The van der Waals surface area contributed by atoms with Gasteiger partial charge >= 0.3 is 0 Å². The summed E-state index contributed by atoms with van der Waals surface area (Å²) in [4.78, 5) is 28.7. The molecular formula is C30H35N3O5. The Balaban J connectivity index is 1.58. The van der Waals surface area contributed by atoms with Crippen LogP contribution in [-0.4, -0.2) is 50.1 Å². The standard InChI is InChI=1S/C30H35N3O5/c1-36-26-10-5-4-9-25(26)29(34)32-23-8-6-7-20(17-23)19-33(24-14-12-22(31)13-15-24)30(35)21-11-16-27(37-2)28(18-21)38-3/h4-11,16-18,22,24H,12-15,19,31H2,1-3H3,(H,32,34). The first-order valence-electron chi connectivity index (χ1n) is 12.8. The third kappa shape index (κ3) is 6.26. The van der Waals surface area contributed by atoms with Crippen LogP contribution in [0.4, 0.5) is 5.69 Å². The van der Waals surface area contributed by atoms with Crippen LogP contribution in [0.1, 0.15) is 52.0 Å². The molecule has 0 aliphatic heterocycles. The van der Waals surface area contributed by atoms with E-state index in [1.807, 2.05) is 35.2 Å². The molecule has 1 fully saturated rings. The molecule has 38 heavy (non-hydrogen) atoms. The number of para-hydroxylation sites is 1. The van der Waals surface area contributed by atoms with E-state index in [4.69, 9.17) is 19.9 Å². The fourth-order valence-electron chi connectivity index (χ4n) is 4.89. The largest absolute Gasteiger partial charge is 0.496 e. The number of carbonyl (C=O) groups is 2. The Morgan fingerprint density at radius 1 is 0.842 bits per heavy atom. The average molecular weight is 518 g/mol. The number of benzene rings is 3. The number of nitrogens with one attached hydrogen (secondary N) is 1. The predicted octanol–water partition coefficient (Wildman–Crippen LogP) is 4.88. The highest BCUT2D eigenvalue weighted by Gasteiger charge is 2.29. The Bertz CT molecular complexity index is 1270. The number of hydrogen-bond acceptors (Lipinski definition) is 6. The molecule has 8 nitrogen and oxygen atoms in total. The van der Waals surface area contributed by atoms with Gasteiger partial charge in [-0.05, 0) is 73.7 Å². The van der Waals surface area contributed by atoms with Crippen molar-refractivity contribution in [1.29, 1.82) is 0 Å². The Labute approximate surface area is 223 Å². The van der Waals surface area contributed by atoms with Gasteiger partial charge in [-0.2, -0.15) is 0 Å². The first-order chi connectivity index (χ1) is 18.4. The zero-order valence-corrected chi connectivity index (χ0v) is 22.1. The average Bonchev–Trinajstić information content (AvgIpc) is 2.95. The molecule has 0 radical (unpaired) electrons. The fraction of sp³-hybridized carbons (Fsp3) is 0.333. The first-order valence-corrected chi connectivity index (χ1v) is 12.8. The number of nitrogens with two attached hydrogens (primary N) is 1. The minimum absolute atomic E-state index is 0.0576. The van der Waals surface area contributed by atoms with Crippen molar-refractivity contribution >= 4 is 17.5 Å². The minimum Gasteiger partial charge on any atom is -0.496 e. The van der Waals surface area contributed by atoms with E-state index in [9.17, 15) is 9.59 Å². The fourth-order valence-corrected chi connectivity index (χ4v) is 4.89. The Hall–Kier alpha value is -4.04. The maximum absolute atomic E-state index is 13.8. The lowest BCUT2D eigenvalue weighted by Crippen LogP contribution is -2.43. The van der Waals surface area contributed by atoms with Crippen LogP contribution in [0.15, 0.2) is 66.7 Å². The maximum Gasteiger partial charge on any atom is 0.259 e. The third-order valence-corrected chi connectivity index (χ3v) is 6.96. The highest BCUT2D eigenvalue weighted by Crippen LogP contribution is 2.31. The molecule has 1 saturated carbocycles. The summed E-state index contributed by atoms with van der Waals surface area (Å²) in [5.74, 6) is 1.22. The smallest absolute Gasteiger partial charge is 0.259 e. The van der Waals surface area contributed by atoms with Crippen molar-refractivity contribution in [3.63, 3.8) is 0 Å². The van der Waals surface area contributed by atoms with Gasteiger partial charge in [0.05, 0.1) is 26.9 Å². The van der Waals surface area contributed by atoms with Crippen molar-refractivity contribution in [3.05, 3.63) is 83.4 Å². The van der Waals surface area contributed by atoms with Crippen LogP contribution in [0.3, 0.4) is 0 Å². The summed E-state index contributed by atoms with van der Waals surface area (Å²) in [6.45, 7) is 0.394. The lowest BCUT2D eigenvalue weighted by Gasteiger charge is -2.36. The highest BCUT2D eigenvalue weighted by atomic mass is 16.5. The minimum atomic E-state index is -0.265.